The average molecular weight is 505 g/mol. The highest BCUT2D eigenvalue weighted by atomic mass is 127. The maximum absolute atomic E-state index is 12.4. The molecule has 0 spiro atoms. The van der Waals surface area contributed by atoms with Crippen molar-refractivity contribution >= 4 is 58.1 Å². The summed E-state index contributed by atoms with van der Waals surface area (Å²) >= 11 is 8.30. The number of carbonyl (C=O) groups is 3. The number of benzene rings is 1. The van der Waals surface area contributed by atoms with Gasteiger partial charge in [0.15, 0.2) is 0 Å². The number of hydrogen-bond acceptors (Lipinski definition) is 3. The second-order valence-electron chi connectivity index (χ2n) is 6.62. The number of aliphatic carboxylic acids is 1. The predicted molar refractivity (Wildman–Crippen MR) is 112 cm³/mol. The van der Waals surface area contributed by atoms with Crippen LogP contribution < -0.4 is 5.32 Å². The molecule has 1 saturated heterocycles. The van der Waals surface area contributed by atoms with Gasteiger partial charge in [-0.25, -0.2) is 0 Å². The second kappa shape index (κ2) is 9.54. The van der Waals surface area contributed by atoms with Gasteiger partial charge in [0.1, 0.15) is 6.04 Å². The number of carbonyl (C=O) groups excluding carboxylic acids is 2. The number of nitrogens with zero attached hydrogens (tertiary/aromatic N) is 1. The second-order valence-corrected chi connectivity index (χ2v) is 8.19. The van der Waals surface area contributed by atoms with Gasteiger partial charge in [0.2, 0.25) is 11.8 Å². The third-order valence-corrected chi connectivity index (χ3v) is 6.15. The zero-order chi connectivity index (χ0) is 20.1. The van der Waals surface area contributed by atoms with Crippen LogP contribution in [0.2, 0.25) is 5.02 Å². The molecule has 0 aliphatic carbocycles. The van der Waals surface area contributed by atoms with E-state index in [1.54, 1.807) is 11.0 Å². The van der Waals surface area contributed by atoms with Crippen LogP contribution in [0.3, 0.4) is 0 Å². The molecule has 0 unspecified atom stereocenters. The van der Waals surface area contributed by atoms with Crippen LogP contribution in [0.25, 0.3) is 6.08 Å². The molecule has 2 amide bonds. The van der Waals surface area contributed by atoms with Gasteiger partial charge in [0.25, 0.3) is 0 Å². The Labute approximate surface area is 177 Å². The number of rotatable bonds is 5. The molecule has 1 aliphatic heterocycles. The number of carboxylic acids is 1. The highest BCUT2D eigenvalue weighted by Crippen LogP contribution is 2.24. The molecule has 6 nitrogen and oxygen atoms in total. The van der Waals surface area contributed by atoms with Crippen molar-refractivity contribution in [2.24, 2.45) is 5.92 Å². The molecule has 8 heteroatoms. The number of hydrogen-bond donors (Lipinski definition) is 2. The summed E-state index contributed by atoms with van der Waals surface area (Å²) in [6, 6.07) is 2.89. The Balaban J connectivity index is 1.90. The van der Waals surface area contributed by atoms with Gasteiger partial charge in [-0.1, -0.05) is 11.6 Å². The molecular formula is C19H22ClIN2O4. The predicted octanol–water partition coefficient (Wildman–Crippen LogP) is 3.09. The van der Waals surface area contributed by atoms with Gasteiger partial charge in [-0.2, -0.15) is 0 Å². The molecule has 0 bridgehead atoms. The summed E-state index contributed by atoms with van der Waals surface area (Å²) in [7, 11) is 0. The summed E-state index contributed by atoms with van der Waals surface area (Å²) in [5.41, 5.74) is 1.93. The first kappa shape index (κ1) is 21.7. The Morgan fingerprint density at radius 1 is 1.33 bits per heavy atom. The fraction of sp³-hybridized carbons (Fsp3) is 0.421. The van der Waals surface area contributed by atoms with Crippen LogP contribution in [0, 0.1) is 16.4 Å². The summed E-state index contributed by atoms with van der Waals surface area (Å²) in [6.07, 6.45) is 4.32. The van der Waals surface area contributed by atoms with Crippen LogP contribution in [-0.2, 0) is 14.4 Å². The lowest BCUT2D eigenvalue weighted by atomic mass is 9.95. The molecular weight excluding hydrogens is 483 g/mol. The Hall–Kier alpha value is -1.61. The van der Waals surface area contributed by atoms with E-state index in [4.69, 9.17) is 16.7 Å². The zero-order valence-corrected chi connectivity index (χ0v) is 18.1. The molecule has 27 heavy (non-hydrogen) atoms. The van der Waals surface area contributed by atoms with Crippen molar-refractivity contribution in [2.45, 2.75) is 32.7 Å². The van der Waals surface area contributed by atoms with Crippen molar-refractivity contribution in [1.82, 2.24) is 10.2 Å². The van der Waals surface area contributed by atoms with E-state index >= 15 is 0 Å². The van der Waals surface area contributed by atoms with Crippen molar-refractivity contribution in [2.75, 3.05) is 13.1 Å². The number of likely N-dealkylation sites (tertiary alicyclic amines) is 1. The molecule has 1 aromatic carbocycles. The summed E-state index contributed by atoms with van der Waals surface area (Å²) in [5, 5.41) is 12.0. The monoisotopic (exact) mass is 504 g/mol. The topological polar surface area (TPSA) is 86.7 Å². The number of amides is 2. The summed E-state index contributed by atoms with van der Waals surface area (Å²) in [4.78, 5) is 37.0. The van der Waals surface area contributed by atoms with Gasteiger partial charge in [-0.15, -0.1) is 0 Å². The number of halogens is 2. The van der Waals surface area contributed by atoms with Crippen LogP contribution in [0.1, 0.15) is 30.9 Å². The lowest BCUT2D eigenvalue weighted by molar-refractivity contribution is -0.142. The van der Waals surface area contributed by atoms with E-state index in [0.717, 1.165) is 14.7 Å². The van der Waals surface area contributed by atoms with E-state index in [1.807, 2.05) is 19.1 Å². The summed E-state index contributed by atoms with van der Waals surface area (Å²) in [5.74, 6) is -1.71. The molecule has 1 aromatic rings. The van der Waals surface area contributed by atoms with Crippen molar-refractivity contribution in [1.29, 1.82) is 0 Å². The maximum atomic E-state index is 12.4. The Morgan fingerprint density at radius 2 is 1.96 bits per heavy atom. The SMILES string of the molecule is Cc1cc(I)c(Cl)cc1/C=C/C(=O)N1CCC(C(=O)N[C@@H](C)C(=O)O)CC1. The first-order valence-corrected chi connectivity index (χ1v) is 10.1. The first-order valence-electron chi connectivity index (χ1n) is 8.65. The highest BCUT2D eigenvalue weighted by Gasteiger charge is 2.28. The molecule has 1 heterocycles. The molecule has 2 rings (SSSR count). The average Bonchev–Trinajstić information content (AvgIpc) is 2.63. The Morgan fingerprint density at radius 3 is 2.56 bits per heavy atom. The minimum absolute atomic E-state index is 0.109. The largest absolute Gasteiger partial charge is 0.480 e. The normalized spacial score (nSPS) is 16.4. The van der Waals surface area contributed by atoms with E-state index in [1.165, 1.54) is 13.0 Å². The third-order valence-electron chi connectivity index (χ3n) is 4.62. The molecule has 0 aromatic heterocycles. The standard InChI is InChI=1S/C19H22ClIN2O4/c1-11-9-16(21)15(20)10-14(11)3-4-17(24)23-7-5-13(6-8-23)18(25)22-12(2)19(26)27/h3-4,9-10,12-13H,5-8H2,1-2H3,(H,22,25)(H,26,27)/b4-3+/t12-/m0/s1. The van der Waals surface area contributed by atoms with Crippen LogP contribution in [-0.4, -0.2) is 46.9 Å². The van der Waals surface area contributed by atoms with E-state index < -0.39 is 12.0 Å². The number of aryl methyl sites for hydroxylation is 1. The van der Waals surface area contributed by atoms with E-state index in [9.17, 15) is 14.4 Å². The van der Waals surface area contributed by atoms with Gasteiger partial charge in [0.05, 0.1) is 5.02 Å². The fourth-order valence-electron chi connectivity index (χ4n) is 2.86. The highest BCUT2D eigenvalue weighted by molar-refractivity contribution is 14.1. The van der Waals surface area contributed by atoms with Gasteiger partial charge >= 0.3 is 5.97 Å². The molecule has 1 fully saturated rings. The molecule has 2 N–H and O–H groups in total. The number of piperidine rings is 1. The smallest absolute Gasteiger partial charge is 0.325 e. The number of carboxylic acid groups (broad SMARTS) is 1. The zero-order valence-electron chi connectivity index (χ0n) is 15.2. The third kappa shape index (κ3) is 5.93. The van der Waals surface area contributed by atoms with Crippen LogP contribution in [0.5, 0.6) is 0 Å². The van der Waals surface area contributed by atoms with Crippen molar-refractivity contribution < 1.29 is 19.5 Å². The minimum Gasteiger partial charge on any atom is -0.480 e. The Bertz CT molecular complexity index is 773. The maximum Gasteiger partial charge on any atom is 0.325 e. The number of nitrogens with one attached hydrogen (secondary N) is 1. The quantitative estimate of drug-likeness (QED) is 0.477. The van der Waals surface area contributed by atoms with Gasteiger partial charge in [-0.05, 0) is 78.6 Å². The van der Waals surface area contributed by atoms with Crippen LogP contribution in [0.15, 0.2) is 18.2 Å². The Kier molecular flexibility index (Phi) is 7.67. The minimum atomic E-state index is -1.06. The summed E-state index contributed by atoms with van der Waals surface area (Å²) < 4.78 is 0.966. The van der Waals surface area contributed by atoms with E-state index in [2.05, 4.69) is 27.9 Å². The van der Waals surface area contributed by atoms with Gasteiger partial charge in [-0.3, -0.25) is 14.4 Å². The van der Waals surface area contributed by atoms with E-state index in [0.29, 0.717) is 31.0 Å². The van der Waals surface area contributed by atoms with Crippen molar-refractivity contribution in [3.05, 3.63) is 37.9 Å². The summed E-state index contributed by atoms with van der Waals surface area (Å²) in [6.45, 7) is 4.33. The fourth-order valence-corrected chi connectivity index (χ4v) is 3.66. The lowest BCUT2D eigenvalue weighted by Gasteiger charge is -2.31. The van der Waals surface area contributed by atoms with Crippen LogP contribution >= 0.6 is 34.2 Å². The van der Waals surface area contributed by atoms with Gasteiger partial charge < -0.3 is 15.3 Å². The van der Waals surface area contributed by atoms with Crippen molar-refractivity contribution in [3.63, 3.8) is 0 Å². The van der Waals surface area contributed by atoms with Crippen molar-refractivity contribution in [3.8, 4) is 0 Å². The van der Waals surface area contributed by atoms with E-state index in [-0.39, 0.29) is 17.7 Å². The molecule has 146 valence electrons. The molecule has 1 aliphatic rings. The van der Waals surface area contributed by atoms with Gasteiger partial charge in [0, 0.05) is 28.7 Å². The molecule has 0 radical (unpaired) electrons. The first-order chi connectivity index (χ1) is 12.7. The van der Waals surface area contributed by atoms with Crippen LogP contribution in [0.4, 0.5) is 0 Å². The molecule has 0 saturated carbocycles. The molecule has 1 atom stereocenters. The lowest BCUT2D eigenvalue weighted by Crippen LogP contribution is -2.46.